The van der Waals surface area contributed by atoms with Gasteiger partial charge in [-0.2, -0.15) is 0 Å². The van der Waals surface area contributed by atoms with E-state index in [4.69, 9.17) is 26.2 Å². The smallest absolute Gasteiger partial charge is 0.164 e. The second kappa shape index (κ2) is 9.97. The summed E-state index contributed by atoms with van der Waals surface area (Å²) in [6, 6.07) is 33.8. The van der Waals surface area contributed by atoms with Crippen LogP contribution in [-0.4, -0.2) is 15.0 Å². The number of aromatic nitrogens is 3. The van der Waals surface area contributed by atoms with E-state index in [1.807, 2.05) is 103 Å². The fraction of sp³-hybridized carbons (Fsp3) is 0. The predicted octanol–water partition coefficient (Wildman–Crippen LogP) is 10.8. The molecule has 0 aliphatic heterocycles. The summed E-state index contributed by atoms with van der Waals surface area (Å²) in [5.74, 6) is 1.56. The summed E-state index contributed by atoms with van der Waals surface area (Å²) in [6.07, 6.45) is 0. The highest BCUT2D eigenvalue weighted by Gasteiger charge is 2.19. The Morgan fingerprint density at radius 1 is 0.523 bits per heavy atom. The number of fused-ring (bicyclic) bond motifs is 6. The average Bonchev–Trinajstić information content (AvgIpc) is 3.72. The second-order valence-corrected chi connectivity index (χ2v) is 11.5. The summed E-state index contributed by atoms with van der Waals surface area (Å²) >= 11 is 1.51. The molecule has 9 rings (SSSR count). The SMILES string of the molecule is [2H]c1c([2H])c([2H])c(-c2cccc3c2sc2cccc(-c4nc(-c5ccccc5)nc(-c5ccc6oc7ccccc7c6c5)n4)c23)c([2H])c1[2H]. The summed E-state index contributed by atoms with van der Waals surface area (Å²) in [4.78, 5) is 15.0. The van der Waals surface area contributed by atoms with Crippen LogP contribution in [0.5, 0.6) is 0 Å². The molecule has 3 heterocycles. The van der Waals surface area contributed by atoms with E-state index in [0.29, 0.717) is 23.0 Å². The zero-order valence-electron chi connectivity index (χ0n) is 28.1. The molecule has 0 fully saturated rings. The van der Waals surface area contributed by atoms with Crippen molar-refractivity contribution in [2.75, 3.05) is 0 Å². The Hall–Kier alpha value is -5.65. The third-order valence-corrected chi connectivity index (χ3v) is 9.04. The maximum atomic E-state index is 8.65. The van der Waals surface area contributed by atoms with E-state index in [2.05, 4.69) is 6.07 Å². The minimum absolute atomic E-state index is 0.181. The van der Waals surface area contributed by atoms with Gasteiger partial charge in [0.2, 0.25) is 0 Å². The van der Waals surface area contributed by atoms with Gasteiger partial charge in [-0.25, -0.2) is 15.0 Å². The molecule has 44 heavy (non-hydrogen) atoms. The number of rotatable bonds is 4. The summed E-state index contributed by atoms with van der Waals surface area (Å²) in [7, 11) is 0. The molecule has 0 spiro atoms. The molecule has 3 aromatic heterocycles. The topological polar surface area (TPSA) is 51.8 Å². The van der Waals surface area contributed by atoms with Crippen molar-refractivity contribution in [2.45, 2.75) is 0 Å². The van der Waals surface area contributed by atoms with Crippen molar-refractivity contribution in [3.8, 4) is 45.3 Å². The Labute approximate surface area is 264 Å². The maximum absolute atomic E-state index is 8.65. The normalized spacial score (nSPS) is 13.2. The van der Waals surface area contributed by atoms with Gasteiger partial charge in [-0.3, -0.25) is 0 Å². The van der Waals surface area contributed by atoms with Gasteiger partial charge in [0.05, 0.1) is 6.85 Å². The van der Waals surface area contributed by atoms with Crippen molar-refractivity contribution < 1.29 is 11.3 Å². The molecule has 5 heteroatoms. The van der Waals surface area contributed by atoms with Gasteiger partial charge in [0.15, 0.2) is 17.5 Å². The number of furan rings is 1. The maximum Gasteiger partial charge on any atom is 0.164 e. The van der Waals surface area contributed by atoms with Crippen LogP contribution in [0.25, 0.3) is 87.4 Å². The summed E-state index contributed by atoms with van der Waals surface area (Å²) in [5.41, 5.74) is 4.85. The van der Waals surface area contributed by atoms with E-state index >= 15 is 0 Å². The third-order valence-electron chi connectivity index (χ3n) is 7.84. The van der Waals surface area contributed by atoms with Crippen molar-refractivity contribution >= 4 is 53.4 Å². The molecule has 0 amide bonds. The van der Waals surface area contributed by atoms with Gasteiger partial charge in [0, 0.05) is 47.6 Å². The first kappa shape index (κ1) is 20.3. The lowest BCUT2D eigenvalue weighted by Crippen LogP contribution is -2.00. The molecule has 4 nitrogen and oxygen atoms in total. The molecule has 0 N–H and O–H groups in total. The minimum Gasteiger partial charge on any atom is -0.456 e. The van der Waals surface area contributed by atoms with Crippen molar-refractivity contribution in [3.05, 3.63) is 139 Å². The van der Waals surface area contributed by atoms with Crippen molar-refractivity contribution in [1.29, 1.82) is 0 Å². The van der Waals surface area contributed by atoms with Crippen LogP contribution < -0.4 is 0 Å². The molecule has 0 saturated carbocycles. The van der Waals surface area contributed by atoms with E-state index < -0.39 is 6.04 Å². The highest BCUT2D eigenvalue weighted by Crippen LogP contribution is 2.43. The number of hydrogen-bond donors (Lipinski definition) is 0. The van der Waals surface area contributed by atoms with Gasteiger partial charge in [-0.15, -0.1) is 11.3 Å². The summed E-state index contributed by atoms with van der Waals surface area (Å²) in [6.45, 7) is 0. The molecule has 6 aromatic carbocycles. The fourth-order valence-electron chi connectivity index (χ4n) is 5.82. The Morgan fingerprint density at radius 2 is 1.23 bits per heavy atom. The number of hydrogen-bond acceptors (Lipinski definition) is 5. The van der Waals surface area contributed by atoms with E-state index in [0.717, 1.165) is 58.8 Å². The lowest BCUT2D eigenvalue weighted by atomic mass is 10.0. The number of benzene rings is 6. The van der Waals surface area contributed by atoms with Gasteiger partial charge in [-0.05, 0) is 41.5 Å². The van der Waals surface area contributed by atoms with E-state index in [9.17, 15) is 0 Å². The molecule has 0 atom stereocenters. The van der Waals surface area contributed by atoms with Crippen LogP contribution in [0.15, 0.2) is 144 Å². The monoisotopic (exact) mass is 586 g/mol. The molecule has 0 bridgehead atoms. The van der Waals surface area contributed by atoms with Crippen LogP contribution in [0, 0.1) is 0 Å². The van der Waals surface area contributed by atoms with E-state index in [1.165, 1.54) is 11.3 Å². The van der Waals surface area contributed by atoms with Crippen LogP contribution in [0.2, 0.25) is 0 Å². The molecular formula is C39H23N3OS. The van der Waals surface area contributed by atoms with Crippen molar-refractivity contribution in [1.82, 2.24) is 15.0 Å². The van der Waals surface area contributed by atoms with Crippen LogP contribution in [0.4, 0.5) is 0 Å². The number of para-hydroxylation sites is 1. The second-order valence-electron chi connectivity index (χ2n) is 10.4. The lowest BCUT2D eigenvalue weighted by Gasteiger charge is -2.10. The lowest BCUT2D eigenvalue weighted by molar-refractivity contribution is 0.669. The molecule has 9 aromatic rings. The highest BCUT2D eigenvalue weighted by atomic mass is 32.1. The fourth-order valence-corrected chi connectivity index (χ4v) is 7.07. The van der Waals surface area contributed by atoms with Crippen molar-refractivity contribution in [3.63, 3.8) is 0 Å². The first-order valence-electron chi connectivity index (χ1n) is 16.6. The standard InChI is InChI=1S/C39H23N3OS/c1-3-11-24(12-4-1)27-16-9-17-29-35-30(18-10-20-34(35)44-36(27)29)39-41-37(25-13-5-2-6-14-25)40-38(42-39)26-21-22-33-31(23-26)28-15-7-8-19-32(28)43-33/h1-23H/i1D,3D,4D,11D,12D. The number of thiophene rings is 1. The van der Waals surface area contributed by atoms with Crippen LogP contribution >= 0.6 is 11.3 Å². The Bertz CT molecular complexity index is 2770. The van der Waals surface area contributed by atoms with Gasteiger partial charge >= 0.3 is 0 Å². The van der Waals surface area contributed by atoms with Crippen LogP contribution in [0.1, 0.15) is 6.85 Å². The minimum atomic E-state index is -0.412. The van der Waals surface area contributed by atoms with Crippen LogP contribution in [-0.2, 0) is 0 Å². The molecule has 206 valence electrons. The molecule has 0 aliphatic carbocycles. The number of nitrogens with zero attached hydrogens (tertiary/aromatic N) is 3. The van der Waals surface area contributed by atoms with Crippen LogP contribution in [0.3, 0.4) is 0 Å². The summed E-state index contributed by atoms with van der Waals surface area (Å²) < 4.78 is 49.8. The van der Waals surface area contributed by atoms with E-state index in [1.54, 1.807) is 0 Å². The zero-order chi connectivity index (χ0) is 33.4. The molecular weight excluding hydrogens is 559 g/mol. The van der Waals surface area contributed by atoms with Gasteiger partial charge < -0.3 is 4.42 Å². The molecule has 0 radical (unpaired) electrons. The molecule has 0 saturated heterocycles. The Morgan fingerprint density at radius 3 is 2.11 bits per heavy atom. The molecule has 0 aliphatic rings. The first-order valence-corrected chi connectivity index (χ1v) is 14.9. The van der Waals surface area contributed by atoms with Gasteiger partial charge in [-0.1, -0.05) is 109 Å². The quantitative estimate of drug-likeness (QED) is 0.206. The van der Waals surface area contributed by atoms with E-state index in [-0.39, 0.29) is 29.7 Å². The predicted molar refractivity (Wildman–Crippen MR) is 182 cm³/mol. The van der Waals surface area contributed by atoms with Gasteiger partial charge in [0.1, 0.15) is 11.2 Å². The first-order chi connectivity index (χ1) is 23.9. The summed E-state index contributed by atoms with van der Waals surface area (Å²) in [5, 5.41) is 3.79. The Balaban J connectivity index is 1.29. The average molecular weight is 587 g/mol. The molecule has 0 unspecified atom stereocenters. The largest absolute Gasteiger partial charge is 0.456 e. The zero-order valence-corrected chi connectivity index (χ0v) is 23.9. The highest BCUT2D eigenvalue weighted by molar-refractivity contribution is 7.26. The Kier molecular flexibility index (Phi) is 4.60. The van der Waals surface area contributed by atoms with Gasteiger partial charge in [0.25, 0.3) is 0 Å². The third kappa shape index (κ3) is 4.02. The van der Waals surface area contributed by atoms with Crippen molar-refractivity contribution in [2.24, 2.45) is 0 Å².